The van der Waals surface area contributed by atoms with Crippen molar-refractivity contribution in [1.29, 1.82) is 0 Å². The summed E-state index contributed by atoms with van der Waals surface area (Å²) in [6, 6.07) is 8.76. The van der Waals surface area contributed by atoms with Crippen molar-refractivity contribution in [2.45, 2.75) is 58.2 Å². The number of nitrogens with zero attached hydrogens (tertiary/aromatic N) is 2. The highest BCUT2D eigenvalue weighted by Crippen LogP contribution is 2.32. The Labute approximate surface area is 218 Å². The average molecular weight is 530 g/mol. The van der Waals surface area contributed by atoms with E-state index in [2.05, 4.69) is 10.5 Å². The van der Waals surface area contributed by atoms with E-state index in [0.717, 1.165) is 12.1 Å². The molecule has 0 unspecified atom stereocenters. The largest absolute Gasteiger partial charge is 0.391 e. The van der Waals surface area contributed by atoms with Crippen LogP contribution in [-0.2, 0) is 9.59 Å². The molecule has 0 radical (unpaired) electrons. The van der Waals surface area contributed by atoms with Gasteiger partial charge in [-0.2, -0.15) is 0 Å². The first kappa shape index (κ1) is 27.4. The summed E-state index contributed by atoms with van der Waals surface area (Å²) in [5.41, 5.74) is 1.59. The Bertz CT molecular complexity index is 1330. The number of nitrogens with one attached hydrogen (secondary N) is 1. The van der Waals surface area contributed by atoms with Gasteiger partial charge in [0.2, 0.25) is 11.8 Å². The van der Waals surface area contributed by atoms with E-state index in [1.54, 1.807) is 44.2 Å². The second kappa shape index (κ2) is 11.0. The van der Waals surface area contributed by atoms with E-state index in [-0.39, 0.29) is 30.4 Å². The molecule has 0 aliphatic carbocycles. The van der Waals surface area contributed by atoms with Gasteiger partial charge in [-0.25, -0.2) is 13.2 Å². The van der Waals surface area contributed by atoms with E-state index in [1.165, 1.54) is 4.90 Å². The molecule has 2 amide bonds. The van der Waals surface area contributed by atoms with Crippen LogP contribution < -0.4 is 5.32 Å². The van der Waals surface area contributed by atoms with Crippen LogP contribution in [0, 0.1) is 30.3 Å². The monoisotopic (exact) mass is 529 g/mol. The first-order valence-electron chi connectivity index (χ1n) is 12.4. The maximum Gasteiger partial charge on any atom is 0.243 e. The molecule has 4 rings (SSSR count). The predicted molar refractivity (Wildman–Crippen MR) is 133 cm³/mol. The average Bonchev–Trinajstić information content (AvgIpc) is 3.48. The number of carbonyl (C=O) groups excluding carboxylic acids is 2. The number of hydrogen-bond donors (Lipinski definition) is 2. The quantitative estimate of drug-likeness (QED) is 0.435. The van der Waals surface area contributed by atoms with Gasteiger partial charge < -0.3 is 19.8 Å². The minimum atomic E-state index is -1.54. The highest BCUT2D eigenvalue weighted by Gasteiger charge is 2.43. The summed E-state index contributed by atoms with van der Waals surface area (Å²) in [6.07, 6.45) is -0.752. The van der Waals surface area contributed by atoms with Crippen LogP contribution >= 0.6 is 0 Å². The Kier molecular flexibility index (Phi) is 7.91. The minimum Gasteiger partial charge on any atom is -0.391 e. The maximum absolute atomic E-state index is 14.2. The highest BCUT2D eigenvalue weighted by atomic mass is 19.2. The number of aliphatic hydroxyl groups excluding tert-OH is 1. The molecule has 2 heterocycles. The van der Waals surface area contributed by atoms with E-state index in [1.807, 2.05) is 13.8 Å². The van der Waals surface area contributed by atoms with Crippen LogP contribution in [0.1, 0.15) is 56.2 Å². The van der Waals surface area contributed by atoms with Crippen LogP contribution in [-0.4, -0.2) is 45.7 Å². The van der Waals surface area contributed by atoms with Gasteiger partial charge in [0.1, 0.15) is 17.7 Å². The lowest BCUT2D eigenvalue weighted by Crippen LogP contribution is -2.48. The molecule has 38 heavy (non-hydrogen) atoms. The second-order valence-electron chi connectivity index (χ2n) is 10.1. The molecule has 202 valence electrons. The first-order chi connectivity index (χ1) is 18.0. The summed E-state index contributed by atoms with van der Waals surface area (Å²) in [6.45, 7) is 7.28. The number of halogens is 3. The van der Waals surface area contributed by atoms with Crippen molar-refractivity contribution in [2.75, 3.05) is 6.54 Å². The Morgan fingerprint density at radius 1 is 1.08 bits per heavy atom. The zero-order valence-electron chi connectivity index (χ0n) is 21.5. The number of carbonyl (C=O) groups is 2. The van der Waals surface area contributed by atoms with E-state index in [0.29, 0.717) is 22.6 Å². The van der Waals surface area contributed by atoms with Crippen LogP contribution in [0.25, 0.3) is 11.1 Å². The standard InChI is InChI=1S/C28H30F3N3O4/c1-14(2)24(23-11-15(3)33-38-23)28(37)34-13-19(35)12-22(34)27(36)32-16(4)17-5-7-18(8-6-17)20-9-10-21(29)26(31)25(20)30/h5-11,14,16,19,22,24,35H,12-13H2,1-4H3,(H,32,36)/t16-,19+,22-,24+/m0/s1. The van der Waals surface area contributed by atoms with Crippen molar-refractivity contribution in [1.82, 2.24) is 15.4 Å². The number of rotatable bonds is 7. The number of aliphatic hydroxyl groups is 1. The molecule has 1 fully saturated rings. The number of benzene rings is 2. The number of hydrogen-bond acceptors (Lipinski definition) is 5. The van der Waals surface area contributed by atoms with Gasteiger partial charge in [0.05, 0.1) is 17.8 Å². The normalized spacial score (nSPS) is 19.0. The second-order valence-corrected chi connectivity index (χ2v) is 10.1. The summed E-state index contributed by atoms with van der Waals surface area (Å²) in [5, 5.41) is 17.1. The molecule has 2 N–H and O–H groups in total. The summed E-state index contributed by atoms with van der Waals surface area (Å²) in [5.74, 6) is -5.19. The maximum atomic E-state index is 14.2. The smallest absolute Gasteiger partial charge is 0.243 e. The molecule has 1 aliphatic heterocycles. The van der Waals surface area contributed by atoms with Gasteiger partial charge in [0.25, 0.3) is 0 Å². The van der Waals surface area contributed by atoms with Crippen molar-refractivity contribution < 1.29 is 32.4 Å². The fourth-order valence-electron chi connectivity index (χ4n) is 4.84. The van der Waals surface area contributed by atoms with Crippen molar-refractivity contribution >= 4 is 11.8 Å². The number of amides is 2. The lowest BCUT2D eigenvalue weighted by Gasteiger charge is -2.29. The summed E-state index contributed by atoms with van der Waals surface area (Å²) >= 11 is 0. The molecule has 0 spiro atoms. The fraction of sp³-hybridized carbons (Fsp3) is 0.393. The Hall–Kier alpha value is -3.66. The van der Waals surface area contributed by atoms with Gasteiger partial charge in [0, 0.05) is 24.6 Å². The van der Waals surface area contributed by atoms with Gasteiger partial charge in [-0.15, -0.1) is 0 Å². The molecule has 2 aromatic carbocycles. The molecule has 1 saturated heterocycles. The molecule has 10 heteroatoms. The van der Waals surface area contributed by atoms with Gasteiger partial charge >= 0.3 is 0 Å². The van der Waals surface area contributed by atoms with E-state index in [4.69, 9.17) is 4.52 Å². The zero-order chi connectivity index (χ0) is 27.7. The van der Waals surface area contributed by atoms with Gasteiger partial charge in [-0.3, -0.25) is 9.59 Å². The Morgan fingerprint density at radius 3 is 2.37 bits per heavy atom. The van der Waals surface area contributed by atoms with Gasteiger partial charge in [-0.05, 0) is 43.0 Å². The lowest BCUT2D eigenvalue weighted by molar-refractivity contribution is -0.141. The molecule has 3 aromatic rings. The summed E-state index contributed by atoms with van der Waals surface area (Å²) in [7, 11) is 0. The van der Waals surface area contributed by atoms with Crippen LogP contribution in [0.2, 0.25) is 0 Å². The van der Waals surface area contributed by atoms with Crippen LogP contribution in [0.15, 0.2) is 47.0 Å². The van der Waals surface area contributed by atoms with Crippen LogP contribution in [0.3, 0.4) is 0 Å². The SMILES string of the molecule is Cc1cc([C@H](C(=O)N2C[C@H](O)C[C@H]2C(=O)N[C@@H](C)c2ccc(-c3ccc(F)c(F)c3F)cc2)C(C)C)on1. The van der Waals surface area contributed by atoms with E-state index in [9.17, 15) is 27.9 Å². The van der Waals surface area contributed by atoms with Crippen LogP contribution in [0.4, 0.5) is 13.2 Å². The number of likely N-dealkylation sites (tertiary alicyclic amines) is 1. The van der Waals surface area contributed by atoms with E-state index >= 15 is 0 Å². The molecule has 0 saturated carbocycles. The van der Waals surface area contributed by atoms with Gasteiger partial charge in [0.15, 0.2) is 17.5 Å². The summed E-state index contributed by atoms with van der Waals surface area (Å²) < 4.78 is 46.4. The topological polar surface area (TPSA) is 95.7 Å². The molecule has 1 aliphatic rings. The Morgan fingerprint density at radius 2 is 1.76 bits per heavy atom. The summed E-state index contributed by atoms with van der Waals surface area (Å²) in [4.78, 5) is 28.2. The van der Waals surface area contributed by atoms with Crippen LogP contribution in [0.5, 0.6) is 0 Å². The third kappa shape index (κ3) is 5.45. The molecule has 1 aromatic heterocycles. The highest BCUT2D eigenvalue weighted by molar-refractivity contribution is 5.91. The van der Waals surface area contributed by atoms with E-state index < -0.39 is 47.5 Å². The number of β-amino-alcohol motifs (C(OH)–C–C–N with tert-alkyl or cyclic N) is 1. The Balaban J connectivity index is 1.48. The number of aryl methyl sites for hydroxylation is 1. The molecule has 4 atom stereocenters. The van der Waals surface area contributed by atoms with Crippen molar-refractivity contribution in [3.63, 3.8) is 0 Å². The predicted octanol–water partition coefficient (Wildman–Crippen LogP) is 4.65. The first-order valence-corrected chi connectivity index (χ1v) is 12.4. The molecule has 0 bridgehead atoms. The van der Waals surface area contributed by atoms with Gasteiger partial charge in [-0.1, -0.05) is 43.3 Å². The van der Waals surface area contributed by atoms with Crippen molar-refractivity contribution in [2.24, 2.45) is 5.92 Å². The number of aromatic nitrogens is 1. The lowest BCUT2D eigenvalue weighted by atomic mass is 9.91. The molecule has 7 nitrogen and oxygen atoms in total. The molecular weight excluding hydrogens is 499 g/mol. The third-order valence-corrected chi connectivity index (χ3v) is 6.87. The third-order valence-electron chi connectivity index (χ3n) is 6.87. The molecular formula is C28H30F3N3O4. The zero-order valence-corrected chi connectivity index (χ0v) is 21.5. The fourth-order valence-corrected chi connectivity index (χ4v) is 4.84. The minimum absolute atomic E-state index is 0.0239. The van der Waals surface area contributed by atoms with Crippen molar-refractivity contribution in [3.05, 3.63) is 76.9 Å². The van der Waals surface area contributed by atoms with Crippen molar-refractivity contribution in [3.8, 4) is 11.1 Å².